The predicted molar refractivity (Wildman–Crippen MR) is 108 cm³/mol. The highest BCUT2D eigenvalue weighted by molar-refractivity contribution is 6.04. The molecule has 0 radical (unpaired) electrons. The van der Waals surface area contributed by atoms with Crippen LogP contribution in [0.5, 0.6) is 5.75 Å². The number of alkyl halides is 3. The summed E-state index contributed by atoms with van der Waals surface area (Å²) in [7, 11) is 0. The molecular formula is C22H21F3N4O2. The van der Waals surface area contributed by atoms with E-state index < -0.39 is 11.9 Å². The summed E-state index contributed by atoms with van der Waals surface area (Å²) in [5, 5.41) is 6.57. The van der Waals surface area contributed by atoms with Gasteiger partial charge in [-0.3, -0.25) is 14.5 Å². The number of pyridine rings is 1. The van der Waals surface area contributed by atoms with Crippen LogP contribution in [-0.4, -0.2) is 27.3 Å². The average Bonchev–Trinajstić information content (AvgIpc) is 3.14. The second-order valence-corrected chi connectivity index (χ2v) is 7.27. The molecule has 1 aliphatic carbocycles. The fourth-order valence-corrected chi connectivity index (χ4v) is 3.68. The normalized spacial score (nSPS) is 13.5. The van der Waals surface area contributed by atoms with Gasteiger partial charge in [-0.2, -0.15) is 18.3 Å². The van der Waals surface area contributed by atoms with Crippen LogP contribution in [0.15, 0.2) is 48.8 Å². The zero-order chi connectivity index (χ0) is 21.8. The molecule has 1 aliphatic rings. The second kappa shape index (κ2) is 8.79. The first kappa shape index (κ1) is 20.9. The van der Waals surface area contributed by atoms with Crippen molar-refractivity contribution in [1.82, 2.24) is 14.8 Å². The molecule has 0 saturated heterocycles. The Labute approximate surface area is 177 Å². The van der Waals surface area contributed by atoms with Crippen molar-refractivity contribution in [3.05, 3.63) is 71.3 Å². The molecule has 0 fully saturated rings. The Bertz CT molecular complexity index is 1050. The Kier molecular flexibility index (Phi) is 5.92. The number of nitrogens with zero attached hydrogens (tertiary/aromatic N) is 3. The molecule has 0 aliphatic heterocycles. The summed E-state index contributed by atoms with van der Waals surface area (Å²) in [4.78, 5) is 16.2. The van der Waals surface area contributed by atoms with Crippen LogP contribution in [0.2, 0.25) is 0 Å². The SMILES string of the molecule is O=C(Nc1cccnc1)c1ccc(OCCn2nc(C(F)(F)F)c3c2CCCC3)cc1. The van der Waals surface area contributed by atoms with E-state index in [9.17, 15) is 18.0 Å². The second-order valence-electron chi connectivity index (χ2n) is 7.27. The maximum atomic E-state index is 13.3. The summed E-state index contributed by atoms with van der Waals surface area (Å²) < 4.78 is 46.9. The van der Waals surface area contributed by atoms with Crippen LogP contribution in [0.4, 0.5) is 18.9 Å². The molecule has 6 nitrogen and oxygen atoms in total. The van der Waals surface area contributed by atoms with Crippen molar-refractivity contribution in [1.29, 1.82) is 0 Å². The lowest BCUT2D eigenvalue weighted by atomic mass is 9.95. The molecule has 162 valence electrons. The van der Waals surface area contributed by atoms with Crippen molar-refractivity contribution >= 4 is 11.6 Å². The van der Waals surface area contributed by atoms with Gasteiger partial charge >= 0.3 is 6.18 Å². The van der Waals surface area contributed by atoms with Crippen molar-refractivity contribution in [3.63, 3.8) is 0 Å². The summed E-state index contributed by atoms with van der Waals surface area (Å²) in [6, 6.07) is 10.0. The van der Waals surface area contributed by atoms with Crippen LogP contribution in [0.3, 0.4) is 0 Å². The molecule has 2 aromatic heterocycles. The molecule has 3 aromatic rings. The molecular weight excluding hydrogens is 409 g/mol. The summed E-state index contributed by atoms with van der Waals surface area (Å²) in [6.07, 6.45) is 1.34. The summed E-state index contributed by atoms with van der Waals surface area (Å²) in [6.45, 7) is 0.397. The maximum absolute atomic E-state index is 13.3. The van der Waals surface area contributed by atoms with E-state index in [0.717, 1.165) is 12.8 Å². The average molecular weight is 430 g/mol. The number of amides is 1. The van der Waals surface area contributed by atoms with Gasteiger partial charge in [0, 0.05) is 23.0 Å². The van der Waals surface area contributed by atoms with Gasteiger partial charge in [-0.1, -0.05) is 0 Å². The number of benzene rings is 1. The molecule has 1 amide bonds. The van der Waals surface area contributed by atoms with Crippen LogP contribution in [0.25, 0.3) is 0 Å². The van der Waals surface area contributed by atoms with Gasteiger partial charge in [0.2, 0.25) is 0 Å². The van der Waals surface area contributed by atoms with Gasteiger partial charge in [-0.15, -0.1) is 0 Å². The smallest absolute Gasteiger partial charge is 0.435 e. The highest BCUT2D eigenvalue weighted by Crippen LogP contribution is 2.35. The van der Waals surface area contributed by atoms with Crippen LogP contribution in [-0.2, 0) is 25.6 Å². The lowest BCUT2D eigenvalue weighted by molar-refractivity contribution is -0.142. The molecule has 0 saturated carbocycles. The van der Waals surface area contributed by atoms with Gasteiger partial charge in [-0.25, -0.2) is 0 Å². The standard InChI is InChI=1S/C22H21F3N4O2/c23-22(24,25)20-18-5-1-2-6-19(18)29(28-20)12-13-31-17-9-7-15(8-10-17)21(30)27-16-4-3-11-26-14-16/h3-4,7-11,14H,1-2,5-6,12-13H2,(H,27,30). The Morgan fingerprint density at radius 2 is 1.90 bits per heavy atom. The Balaban J connectivity index is 1.36. The highest BCUT2D eigenvalue weighted by atomic mass is 19.4. The molecule has 2 heterocycles. The molecule has 0 atom stereocenters. The first-order valence-corrected chi connectivity index (χ1v) is 10.0. The summed E-state index contributed by atoms with van der Waals surface area (Å²) in [5.41, 5.74) is 1.25. The van der Waals surface area contributed by atoms with Gasteiger partial charge in [0.15, 0.2) is 5.69 Å². The number of carbonyl (C=O) groups excluding carboxylic acids is 1. The number of hydrogen-bond donors (Lipinski definition) is 1. The number of aromatic nitrogens is 3. The van der Waals surface area contributed by atoms with Crippen molar-refractivity contribution in [2.24, 2.45) is 0 Å². The molecule has 1 aromatic carbocycles. The number of hydrogen-bond acceptors (Lipinski definition) is 4. The van der Waals surface area contributed by atoms with Gasteiger partial charge in [-0.05, 0) is 62.1 Å². The number of halogens is 3. The first-order valence-electron chi connectivity index (χ1n) is 10.0. The van der Waals surface area contributed by atoms with Crippen LogP contribution in [0, 0.1) is 0 Å². The van der Waals surface area contributed by atoms with Gasteiger partial charge in [0.05, 0.1) is 18.4 Å². The fourth-order valence-electron chi connectivity index (χ4n) is 3.68. The number of fused-ring (bicyclic) bond motifs is 1. The molecule has 0 spiro atoms. The van der Waals surface area contributed by atoms with E-state index in [0.29, 0.717) is 41.1 Å². The first-order chi connectivity index (χ1) is 14.9. The maximum Gasteiger partial charge on any atom is 0.435 e. The van der Waals surface area contributed by atoms with Gasteiger partial charge in [0.1, 0.15) is 12.4 Å². The largest absolute Gasteiger partial charge is 0.492 e. The molecule has 9 heteroatoms. The molecule has 31 heavy (non-hydrogen) atoms. The minimum atomic E-state index is -4.44. The third-order valence-electron chi connectivity index (χ3n) is 5.13. The van der Waals surface area contributed by atoms with E-state index in [-0.39, 0.29) is 19.1 Å². The van der Waals surface area contributed by atoms with Crippen molar-refractivity contribution < 1.29 is 22.7 Å². The molecule has 1 N–H and O–H groups in total. The minimum absolute atomic E-state index is 0.173. The molecule has 0 unspecified atom stereocenters. The number of rotatable bonds is 6. The zero-order valence-corrected chi connectivity index (χ0v) is 16.7. The van der Waals surface area contributed by atoms with Crippen LogP contribution < -0.4 is 10.1 Å². The van der Waals surface area contributed by atoms with E-state index in [1.807, 2.05) is 0 Å². The lowest BCUT2D eigenvalue weighted by Gasteiger charge is -2.15. The van der Waals surface area contributed by atoms with E-state index >= 15 is 0 Å². The monoisotopic (exact) mass is 430 g/mol. The van der Waals surface area contributed by atoms with E-state index in [1.54, 1.807) is 48.8 Å². The number of nitrogens with one attached hydrogen (secondary N) is 1. The van der Waals surface area contributed by atoms with Crippen molar-refractivity contribution in [2.45, 2.75) is 38.4 Å². The van der Waals surface area contributed by atoms with Crippen LogP contribution >= 0.6 is 0 Å². The van der Waals surface area contributed by atoms with Gasteiger partial charge < -0.3 is 10.1 Å². The van der Waals surface area contributed by atoms with E-state index in [4.69, 9.17) is 4.74 Å². The van der Waals surface area contributed by atoms with Gasteiger partial charge in [0.25, 0.3) is 5.91 Å². The zero-order valence-electron chi connectivity index (χ0n) is 16.7. The Morgan fingerprint density at radius 3 is 2.61 bits per heavy atom. The fraction of sp³-hybridized carbons (Fsp3) is 0.318. The molecule has 4 rings (SSSR count). The van der Waals surface area contributed by atoms with E-state index in [1.165, 1.54) is 4.68 Å². The minimum Gasteiger partial charge on any atom is -0.492 e. The third-order valence-corrected chi connectivity index (χ3v) is 5.13. The van der Waals surface area contributed by atoms with Crippen LogP contribution in [0.1, 0.15) is 40.2 Å². The topological polar surface area (TPSA) is 69.0 Å². The Morgan fingerprint density at radius 1 is 1.13 bits per heavy atom. The van der Waals surface area contributed by atoms with E-state index in [2.05, 4.69) is 15.4 Å². The highest BCUT2D eigenvalue weighted by Gasteiger charge is 2.39. The predicted octanol–water partition coefficient (Wildman–Crippen LogP) is 4.51. The summed E-state index contributed by atoms with van der Waals surface area (Å²) >= 11 is 0. The third kappa shape index (κ3) is 4.87. The lowest BCUT2D eigenvalue weighted by Crippen LogP contribution is -2.14. The molecule has 0 bridgehead atoms. The van der Waals surface area contributed by atoms with Crippen molar-refractivity contribution in [2.75, 3.05) is 11.9 Å². The quantitative estimate of drug-likeness (QED) is 0.625. The Hall–Kier alpha value is -3.36. The number of ether oxygens (including phenoxy) is 1. The summed E-state index contributed by atoms with van der Waals surface area (Å²) in [5.74, 6) is 0.248. The van der Waals surface area contributed by atoms with Crippen molar-refractivity contribution in [3.8, 4) is 5.75 Å². The number of carbonyl (C=O) groups is 1. The number of anilines is 1.